The van der Waals surface area contributed by atoms with Gasteiger partial charge in [0.15, 0.2) is 0 Å². The second-order valence-electron chi connectivity index (χ2n) is 5.19. The van der Waals surface area contributed by atoms with Gasteiger partial charge in [0.05, 0.1) is 12.7 Å². The third-order valence-corrected chi connectivity index (χ3v) is 4.53. The number of ether oxygens (including phenoxy) is 1. The van der Waals surface area contributed by atoms with Crippen molar-refractivity contribution in [1.82, 2.24) is 5.32 Å². The van der Waals surface area contributed by atoms with Crippen LogP contribution >= 0.6 is 15.9 Å². The summed E-state index contributed by atoms with van der Waals surface area (Å²) < 4.78 is 20.7. The number of rotatable bonds is 1. The third kappa shape index (κ3) is 2.46. The molecule has 0 amide bonds. The highest BCUT2D eigenvalue weighted by Crippen LogP contribution is 2.32. The molecule has 2 nitrogen and oxygen atoms in total. The van der Waals surface area contributed by atoms with Gasteiger partial charge in [-0.1, -0.05) is 22.4 Å². The SMILES string of the molecule is Fc1ccc(Br)cc1C1CNC2CCCC2CO1. The minimum absolute atomic E-state index is 0.173. The first-order valence-electron chi connectivity index (χ1n) is 6.54. The second-order valence-corrected chi connectivity index (χ2v) is 6.11. The lowest BCUT2D eigenvalue weighted by Gasteiger charge is -2.17. The van der Waals surface area contributed by atoms with Gasteiger partial charge in [0, 0.05) is 22.6 Å². The van der Waals surface area contributed by atoms with E-state index in [1.807, 2.05) is 6.07 Å². The van der Waals surface area contributed by atoms with Gasteiger partial charge in [0.2, 0.25) is 0 Å². The van der Waals surface area contributed by atoms with Crippen LogP contribution in [0.3, 0.4) is 0 Å². The van der Waals surface area contributed by atoms with E-state index >= 15 is 0 Å². The van der Waals surface area contributed by atoms with E-state index in [0.29, 0.717) is 24.1 Å². The molecule has 3 rings (SSSR count). The van der Waals surface area contributed by atoms with Crippen LogP contribution in [-0.4, -0.2) is 19.2 Å². The summed E-state index contributed by atoms with van der Waals surface area (Å²) >= 11 is 3.39. The molecule has 3 unspecified atom stereocenters. The first kappa shape index (κ1) is 12.6. The molecule has 1 saturated heterocycles. The first-order chi connectivity index (χ1) is 8.74. The van der Waals surface area contributed by atoms with Crippen molar-refractivity contribution in [3.8, 4) is 0 Å². The van der Waals surface area contributed by atoms with E-state index in [2.05, 4.69) is 21.2 Å². The Kier molecular flexibility index (Phi) is 3.68. The van der Waals surface area contributed by atoms with Crippen molar-refractivity contribution >= 4 is 15.9 Å². The van der Waals surface area contributed by atoms with E-state index in [9.17, 15) is 4.39 Å². The molecule has 1 N–H and O–H groups in total. The van der Waals surface area contributed by atoms with Crippen LogP contribution in [0.1, 0.15) is 30.9 Å². The summed E-state index contributed by atoms with van der Waals surface area (Å²) in [6.45, 7) is 1.45. The number of halogens is 2. The van der Waals surface area contributed by atoms with E-state index in [1.54, 1.807) is 6.07 Å². The highest BCUT2D eigenvalue weighted by atomic mass is 79.9. The quantitative estimate of drug-likeness (QED) is 0.858. The number of nitrogens with one attached hydrogen (secondary N) is 1. The molecule has 0 bridgehead atoms. The van der Waals surface area contributed by atoms with E-state index in [-0.39, 0.29) is 11.9 Å². The molecule has 0 spiro atoms. The maximum atomic E-state index is 13.8. The molecular formula is C14H17BrFNO. The summed E-state index contributed by atoms with van der Waals surface area (Å²) in [5.74, 6) is 0.419. The molecule has 1 aliphatic carbocycles. The zero-order valence-corrected chi connectivity index (χ0v) is 11.7. The average Bonchev–Trinajstić information content (AvgIpc) is 2.72. The topological polar surface area (TPSA) is 21.3 Å². The maximum Gasteiger partial charge on any atom is 0.129 e. The van der Waals surface area contributed by atoms with Crippen LogP contribution in [0.2, 0.25) is 0 Å². The maximum absolute atomic E-state index is 13.8. The number of hydrogen-bond acceptors (Lipinski definition) is 2. The molecule has 0 radical (unpaired) electrons. The van der Waals surface area contributed by atoms with Crippen LogP contribution in [0, 0.1) is 11.7 Å². The predicted octanol–water partition coefficient (Wildman–Crippen LogP) is 3.42. The van der Waals surface area contributed by atoms with Crippen molar-refractivity contribution in [2.24, 2.45) is 5.92 Å². The lowest BCUT2D eigenvalue weighted by Crippen LogP contribution is -2.32. The Morgan fingerprint density at radius 1 is 1.33 bits per heavy atom. The smallest absolute Gasteiger partial charge is 0.129 e. The average molecular weight is 314 g/mol. The Bertz CT molecular complexity index is 426. The lowest BCUT2D eigenvalue weighted by atomic mass is 10.1. The van der Waals surface area contributed by atoms with Gasteiger partial charge in [-0.25, -0.2) is 4.39 Å². The fourth-order valence-corrected chi connectivity index (χ4v) is 3.40. The summed E-state index contributed by atoms with van der Waals surface area (Å²) in [5, 5.41) is 3.53. The van der Waals surface area contributed by atoms with Crippen LogP contribution in [0.4, 0.5) is 4.39 Å². The van der Waals surface area contributed by atoms with Gasteiger partial charge in [-0.05, 0) is 37.0 Å². The molecule has 3 atom stereocenters. The molecule has 1 saturated carbocycles. The molecule has 18 heavy (non-hydrogen) atoms. The predicted molar refractivity (Wildman–Crippen MR) is 71.9 cm³/mol. The van der Waals surface area contributed by atoms with Gasteiger partial charge < -0.3 is 10.1 Å². The standard InChI is InChI=1S/C14H17BrFNO/c15-10-4-5-12(16)11(6-10)14-7-17-13-3-1-2-9(13)8-18-14/h4-6,9,13-14,17H,1-3,7-8H2. The molecule has 2 fully saturated rings. The van der Waals surface area contributed by atoms with Gasteiger partial charge in [-0.2, -0.15) is 0 Å². The van der Waals surface area contributed by atoms with Crippen molar-refractivity contribution < 1.29 is 9.13 Å². The fraction of sp³-hybridized carbons (Fsp3) is 0.571. The molecule has 1 aromatic rings. The lowest BCUT2D eigenvalue weighted by molar-refractivity contribution is 0.0452. The molecule has 1 aliphatic heterocycles. The molecule has 0 aromatic heterocycles. The van der Waals surface area contributed by atoms with Gasteiger partial charge in [-0.3, -0.25) is 0 Å². The summed E-state index contributed by atoms with van der Waals surface area (Å²) in [6.07, 6.45) is 3.56. The van der Waals surface area contributed by atoms with Crippen LogP contribution in [0.5, 0.6) is 0 Å². The number of benzene rings is 1. The summed E-state index contributed by atoms with van der Waals surface area (Å²) in [5.41, 5.74) is 0.650. The number of fused-ring (bicyclic) bond motifs is 1. The largest absolute Gasteiger partial charge is 0.372 e. The van der Waals surface area contributed by atoms with Gasteiger partial charge >= 0.3 is 0 Å². The van der Waals surface area contributed by atoms with Crippen LogP contribution in [-0.2, 0) is 4.74 Å². The summed E-state index contributed by atoms with van der Waals surface area (Å²) in [7, 11) is 0. The van der Waals surface area contributed by atoms with E-state index in [4.69, 9.17) is 4.74 Å². The fourth-order valence-electron chi connectivity index (χ4n) is 3.02. The highest BCUT2D eigenvalue weighted by Gasteiger charge is 2.32. The Morgan fingerprint density at radius 2 is 2.22 bits per heavy atom. The first-order valence-corrected chi connectivity index (χ1v) is 7.33. The monoisotopic (exact) mass is 313 g/mol. The van der Waals surface area contributed by atoms with Crippen molar-refractivity contribution in [2.45, 2.75) is 31.4 Å². The van der Waals surface area contributed by atoms with Crippen molar-refractivity contribution in [3.05, 3.63) is 34.1 Å². The molecule has 1 aromatic carbocycles. The molecule has 2 aliphatic rings. The Labute approximate surface area is 115 Å². The highest BCUT2D eigenvalue weighted by molar-refractivity contribution is 9.10. The summed E-state index contributed by atoms with van der Waals surface area (Å²) in [6, 6.07) is 5.60. The molecular weight excluding hydrogens is 297 g/mol. The Balaban J connectivity index is 1.78. The van der Waals surface area contributed by atoms with Gasteiger partial charge in [0.1, 0.15) is 5.82 Å². The van der Waals surface area contributed by atoms with E-state index in [0.717, 1.165) is 11.1 Å². The zero-order chi connectivity index (χ0) is 12.5. The van der Waals surface area contributed by atoms with Crippen molar-refractivity contribution in [1.29, 1.82) is 0 Å². The van der Waals surface area contributed by atoms with Crippen molar-refractivity contribution in [3.63, 3.8) is 0 Å². The normalized spacial score (nSPS) is 32.0. The van der Waals surface area contributed by atoms with Crippen LogP contribution < -0.4 is 5.32 Å². The van der Waals surface area contributed by atoms with E-state index in [1.165, 1.54) is 25.3 Å². The van der Waals surface area contributed by atoms with E-state index < -0.39 is 0 Å². The Morgan fingerprint density at radius 3 is 3.11 bits per heavy atom. The van der Waals surface area contributed by atoms with Crippen LogP contribution in [0.25, 0.3) is 0 Å². The molecule has 98 valence electrons. The van der Waals surface area contributed by atoms with Crippen molar-refractivity contribution in [2.75, 3.05) is 13.2 Å². The zero-order valence-electron chi connectivity index (χ0n) is 10.2. The molecule has 1 heterocycles. The molecule has 4 heteroatoms. The van der Waals surface area contributed by atoms with Crippen LogP contribution in [0.15, 0.2) is 22.7 Å². The third-order valence-electron chi connectivity index (χ3n) is 4.04. The second kappa shape index (κ2) is 5.27. The minimum atomic E-state index is -0.183. The Hall–Kier alpha value is -0.450. The van der Waals surface area contributed by atoms with Gasteiger partial charge in [0.25, 0.3) is 0 Å². The number of hydrogen-bond donors (Lipinski definition) is 1. The van der Waals surface area contributed by atoms with Gasteiger partial charge in [-0.15, -0.1) is 0 Å². The minimum Gasteiger partial charge on any atom is -0.372 e. The summed E-state index contributed by atoms with van der Waals surface area (Å²) in [4.78, 5) is 0.